The molecular formula is C29H38N10O4. The number of hydrogen-bond acceptors (Lipinski definition) is 6. The van der Waals surface area contributed by atoms with Gasteiger partial charge in [0.05, 0.1) is 17.1 Å². The average Bonchev–Trinajstić information content (AvgIpc) is 3.80. The van der Waals surface area contributed by atoms with Gasteiger partial charge in [0.1, 0.15) is 22.8 Å². The Bertz CT molecular complexity index is 1610. The highest BCUT2D eigenvalue weighted by Crippen LogP contribution is 2.23. The quantitative estimate of drug-likeness (QED) is 0.179. The summed E-state index contributed by atoms with van der Waals surface area (Å²) in [5.41, 5.74) is 8.84. The van der Waals surface area contributed by atoms with E-state index in [1.54, 1.807) is 69.9 Å². The molecule has 4 aromatic rings. The first-order valence-electron chi connectivity index (χ1n) is 13.6. The number of nitrogens with two attached hydrogens (primary N) is 1. The third-order valence-corrected chi connectivity index (χ3v) is 7.15. The molecule has 228 valence electrons. The fourth-order valence-electron chi connectivity index (χ4n) is 4.46. The van der Waals surface area contributed by atoms with Crippen LogP contribution in [0, 0.1) is 0 Å². The van der Waals surface area contributed by atoms with Crippen molar-refractivity contribution in [3.8, 4) is 0 Å². The fourth-order valence-corrected chi connectivity index (χ4v) is 4.46. The Kier molecular flexibility index (Phi) is 9.09. The van der Waals surface area contributed by atoms with Crippen molar-refractivity contribution < 1.29 is 19.2 Å². The Morgan fingerprint density at radius 1 is 0.558 bits per heavy atom. The molecule has 4 aromatic heterocycles. The number of carbonyl (C=O) groups excluding carboxylic acids is 4. The predicted octanol–water partition coefficient (Wildman–Crippen LogP) is 2.43. The molecule has 0 fully saturated rings. The van der Waals surface area contributed by atoms with Crippen molar-refractivity contribution in [2.24, 2.45) is 0 Å². The molecule has 43 heavy (non-hydrogen) atoms. The Labute approximate surface area is 249 Å². The number of nitrogens with one attached hydrogen (secondary N) is 4. The number of rotatable bonds is 11. The van der Waals surface area contributed by atoms with Crippen LogP contribution in [-0.4, -0.2) is 109 Å². The summed E-state index contributed by atoms with van der Waals surface area (Å²) in [5.74, 6) is -1.19. The zero-order valence-corrected chi connectivity index (χ0v) is 25.2. The molecule has 0 radical (unpaired) electrons. The van der Waals surface area contributed by atoms with Crippen LogP contribution < -0.4 is 20.4 Å². The summed E-state index contributed by atoms with van der Waals surface area (Å²) in [5, 5.41) is 0. The van der Waals surface area contributed by atoms with E-state index in [2.05, 4.69) is 24.8 Å². The summed E-state index contributed by atoms with van der Waals surface area (Å²) >= 11 is 0. The molecule has 0 atom stereocenters. The number of aromatic amines is 4. The third kappa shape index (κ3) is 6.81. The van der Waals surface area contributed by atoms with Gasteiger partial charge in [0, 0.05) is 65.2 Å². The average molecular weight is 591 g/mol. The summed E-state index contributed by atoms with van der Waals surface area (Å²) in [6.45, 7) is 1.48. The molecule has 0 unspecified atom stereocenters. The SMILES string of the molecule is CN(C)CCCN(C)C(=O)c1cc(N(C)C(=O)c2cc(N(C)C(=O)c3cc(N(C)C(=O)c4cc(N)c[nH]4)c[nH]3)c[nH]2)c[nH]1. The van der Waals surface area contributed by atoms with Gasteiger partial charge >= 0.3 is 0 Å². The van der Waals surface area contributed by atoms with Crippen molar-refractivity contribution in [1.29, 1.82) is 0 Å². The molecule has 0 spiro atoms. The van der Waals surface area contributed by atoms with Crippen molar-refractivity contribution in [3.63, 3.8) is 0 Å². The lowest BCUT2D eigenvalue weighted by Crippen LogP contribution is -2.30. The maximum absolute atomic E-state index is 13.2. The minimum atomic E-state index is -0.369. The molecule has 14 nitrogen and oxygen atoms in total. The van der Waals surface area contributed by atoms with Crippen molar-refractivity contribution >= 4 is 46.4 Å². The van der Waals surface area contributed by atoms with Crippen LogP contribution in [0.2, 0.25) is 0 Å². The maximum Gasteiger partial charge on any atom is 0.274 e. The molecule has 4 amide bonds. The Morgan fingerprint density at radius 3 is 1.30 bits per heavy atom. The summed E-state index contributed by atoms with van der Waals surface area (Å²) in [4.78, 5) is 71.5. The van der Waals surface area contributed by atoms with E-state index in [0.29, 0.717) is 40.7 Å². The second-order valence-electron chi connectivity index (χ2n) is 10.6. The number of aromatic nitrogens is 4. The van der Waals surface area contributed by atoms with Gasteiger partial charge in [0.25, 0.3) is 23.6 Å². The molecule has 0 aliphatic rings. The molecule has 0 aromatic carbocycles. The van der Waals surface area contributed by atoms with Crippen LogP contribution in [0.5, 0.6) is 0 Å². The van der Waals surface area contributed by atoms with Gasteiger partial charge in [0.2, 0.25) is 0 Å². The highest BCUT2D eigenvalue weighted by molar-refractivity contribution is 6.09. The highest BCUT2D eigenvalue weighted by atomic mass is 16.2. The molecule has 0 saturated carbocycles. The van der Waals surface area contributed by atoms with E-state index in [1.807, 2.05) is 14.1 Å². The zero-order valence-electron chi connectivity index (χ0n) is 25.2. The van der Waals surface area contributed by atoms with Crippen molar-refractivity contribution in [2.75, 3.05) is 75.8 Å². The lowest BCUT2D eigenvalue weighted by atomic mass is 10.3. The molecule has 14 heteroatoms. The van der Waals surface area contributed by atoms with Crippen LogP contribution >= 0.6 is 0 Å². The maximum atomic E-state index is 13.2. The number of anilines is 4. The molecule has 4 rings (SSSR count). The zero-order chi connectivity index (χ0) is 31.4. The van der Waals surface area contributed by atoms with E-state index in [0.717, 1.165) is 13.0 Å². The molecule has 0 saturated heterocycles. The van der Waals surface area contributed by atoms with Gasteiger partial charge in [0.15, 0.2) is 0 Å². The first-order valence-corrected chi connectivity index (χ1v) is 13.6. The van der Waals surface area contributed by atoms with Gasteiger partial charge in [-0.15, -0.1) is 0 Å². The predicted molar refractivity (Wildman–Crippen MR) is 166 cm³/mol. The van der Waals surface area contributed by atoms with Crippen LogP contribution in [0.4, 0.5) is 22.7 Å². The van der Waals surface area contributed by atoms with Gasteiger partial charge in [-0.05, 0) is 51.3 Å². The molecule has 0 aliphatic carbocycles. The van der Waals surface area contributed by atoms with E-state index in [-0.39, 0.29) is 35.0 Å². The lowest BCUT2D eigenvalue weighted by Gasteiger charge is -2.18. The van der Waals surface area contributed by atoms with E-state index in [4.69, 9.17) is 5.73 Å². The van der Waals surface area contributed by atoms with Gasteiger partial charge in [-0.1, -0.05) is 0 Å². The minimum Gasteiger partial charge on any atom is -0.397 e. The number of carbonyl (C=O) groups is 4. The second kappa shape index (κ2) is 12.7. The largest absolute Gasteiger partial charge is 0.397 e. The van der Waals surface area contributed by atoms with E-state index in [1.165, 1.54) is 27.0 Å². The van der Waals surface area contributed by atoms with Crippen molar-refractivity contribution in [2.45, 2.75) is 6.42 Å². The Morgan fingerprint density at radius 2 is 0.930 bits per heavy atom. The fraction of sp³-hybridized carbons (Fsp3) is 0.310. The number of hydrogen-bond donors (Lipinski definition) is 5. The van der Waals surface area contributed by atoms with Crippen LogP contribution in [0.3, 0.4) is 0 Å². The third-order valence-electron chi connectivity index (χ3n) is 7.15. The highest BCUT2D eigenvalue weighted by Gasteiger charge is 2.23. The van der Waals surface area contributed by atoms with Crippen LogP contribution in [-0.2, 0) is 0 Å². The number of H-pyrrole nitrogens is 4. The van der Waals surface area contributed by atoms with Gasteiger partial charge < -0.3 is 50.2 Å². The number of amides is 4. The summed E-state index contributed by atoms with van der Waals surface area (Å²) in [6, 6.07) is 6.32. The molecule has 0 aliphatic heterocycles. The smallest absolute Gasteiger partial charge is 0.274 e. The van der Waals surface area contributed by atoms with Crippen LogP contribution in [0.15, 0.2) is 49.1 Å². The number of nitrogen functional groups attached to an aromatic ring is 1. The van der Waals surface area contributed by atoms with Gasteiger partial charge in [-0.3, -0.25) is 19.2 Å². The van der Waals surface area contributed by atoms with E-state index >= 15 is 0 Å². The monoisotopic (exact) mass is 590 g/mol. The standard InChI is InChI=1S/C29H38N10O4/c1-35(2)8-7-9-36(3)26(40)23-11-19(15-32-23)38(5)28(42)25-13-21(17-34-25)39(6)29(43)24-12-20(16-33-24)37(4)27(41)22-10-18(30)14-31-22/h10-17,31-34H,7-9,30H2,1-6H3. The van der Waals surface area contributed by atoms with Crippen molar-refractivity contribution in [1.82, 2.24) is 29.7 Å². The lowest BCUT2D eigenvalue weighted by molar-refractivity contribution is 0.0784. The van der Waals surface area contributed by atoms with E-state index in [9.17, 15) is 19.2 Å². The van der Waals surface area contributed by atoms with E-state index < -0.39 is 0 Å². The summed E-state index contributed by atoms with van der Waals surface area (Å²) < 4.78 is 0. The molecule has 6 N–H and O–H groups in total. The molecule has 0 bridgehead atoms. The Balaban J connectivity index is 1.38. The first-order chi connectivity index (χ1) is 20.4. The first kappa shape index (κ1) is 30.7. The van der Waals surface area contributed by atoms with Gasteiger partial charge in [-0.2, -0.15) is 0 Å². The molecular weight excluding hydrogens is 552 g/mol. The van der Waals surface area contributed by atoms with Gasteiger partial charge in [-0.25, -0.2) is 0 Å². The minimum absolute atomic E-state index is 0.162. The number of nitrogens with zero attached hydrogens (tertiary/aromatic N) is 5. The normalized spacial score (nSPS) is 11.0. The van der Waals surface area contributed by atoms with Crippen LogP contribution in [0.25, 0.3) is 0 Å². The topological polar surface area (TPSA) is 174 Å². The molecule has 4 heterocycles. The van der Waals surface area contributed by atoms with Crippen LogP contribution in [0.1, 0.15) is 48.4 Å². The second-order valence-corrected chi connectivity index (χ2v) is 10.6. The summed E-state index contributed by atoms with van der Waals surface area (Å²) in [6.07, 6.45) is 7.10. The van der Waals surface area contributed by atoms with Crippen molar-refractivity contribution in [3.05, 3.63) is 71.8 Å². The summed E-state index contributed by atoms with van der Waals surface area (Å²) in [7, 11) is 10.5. The Hall–Kier alpha value is -5.24.